The van der Waals surface area contributed by atoms with Gasteiger partial charge >= 0.3 is 0 Å². The molecule has 1 aliphatic carbocycles. The van der Waals surface area contributed by atoms with Crippen molar-refractivity contribution in [3.63, 3.8) is 0 Å². The first-order valence-corrected chi connectivity index (χ1v) is 6.88. The van der Waals surface area contributed by atoms with Gasteiger partial charge in [0, 0.05) is 18.7 Å². The fourth-order valence-electron chi connectivity index (χ4n) is 2.76. The van der Waals surface area contributed by atoms with Crippen LogP contribution in [0.1, 0.15) is 29.6 Å². The van der Waals surface area contributed by atoms with Gasteiger partial charge < -0.3 is 15.2 Å². The molecule has 1 amide bonds. The summed E-state index contributed by atoms with van der Waals surface area (Å²) in [7, 11) is 1.38. The molecule has 2 N–H and O–H groups in total. The quantitative estimate of drug-likeness (QED) is 0.867. The zero-order valence-electron chi connectivity index (χ0n) is 11.6. The molecule has 0 bridgehead atoms. The number of rotatable bonds is 5. The van der Waals surface area contributed by atoms with E-state index in [0.29, 0.717) is 12.5 Å². The van der Waals surface area contributed by atoms with Gasteiger partial charge in [0.15, 0.2) is 11.6 Å². The van der Waals surface area contributed by atoms with Gasteiger partial charge in [-0.05, 0) is 42.9 Å². The van der Waals surface area contributed by atoms with Crippen molar-refractivity contribution < 1.29 is 19.0 Å². The summed E-state index contributed by atoms with van der Waals surface area (Å²) in [6.45, 7) is 0.690. The van der Waals surface area contributed by atoms with Gasteiger partial charge in [-0.25, -0.2) is 4.39 Å². The number of ether oxygens (including phenoxy) is 1. The average molecular weight is 281 g/mol. The summed E-state index contributed by atoms with van der Waals surface area (Å²) in [5.41, 5.74) is 0.279. The predicted molar refractivity (Wildman–Crippen MR) is 73.2 cm³/mol. The number of hydrogen-bond acceptors (Lipinski definition) is 3. The van der Waals surface area contributed by atoms with Crippen LogP contribution in [0.25, 0.3) is 0 Å². The molecule has 1 saturated carbocycles. The van der Waals surface area contributed by atoms with Crippen LogP contribution in [0.15, 0.2) is 18.2 Å². The Bertz CT molecular complexity index is 478. The molecule has 0 radical (unpaired) electrons. The molecule has 1 aromatic carbocycles. The predicted octanol–water partition coefficient (Wildman–Crippen LogP) is 1.97. The van der Waals surface area contributed by atoms with Crippen LogP contribution in [0.2, 0.25) is 0 Å². The van der Waals surface area contributed by atoms with E-state index in [9.17, 15) is 14.3 Å². The summed E-state index contributed by atoms with van der Waals surface area (Å²) in [4.78, 5) is 12.0. The van der Waals surface area contributed by atoms with Crippen LogP contribution in [0.5, 0.6) is 5.75 Å². The zero-order valence-corrected chi connectivity index (χ0v) is 11.6. The van der Waals surface area contributed by atoms with Crippen molar-refractivity contribution in [2.24, 2.45) is 11.8 Å². The Labute approximate surface area is 117 Å². The van der Waals surface area contributed by atoms with E-state index < -0.39 is 5.82 Å². The molecule has 20 heavy (non-hydrogen) atoms. The molecule has 0 spiro atoms. The molecule has 0 aliphatic heterocycles. The summed E-state index contributed by atoms with van der Waals surface area (Å²) in [6, 6.07) is 4.15. The van der Waals surface area contributed by atoms with Gasteiger partial charge in [0.2, 0.25) is 0 Å². The van der Waals surface area contributed by atoms with Crippen LogP contribution in [0.3, 0.4) is 0 Å². The SMILES string of the molecule is COc1ccc(C(=O)NCC2CCCC2CO)cc1F. The highest BCUT2D eigenvalue weighted by Gasteiger charge is 2.26. The number of aliphatic hydroxyl groups excluding tert-OH is 1. The van der Waals surface area contributed by atoms with Crippen molar-refractivity contribution >= 4 is 5.91 Å². The Hall–Kier alpha value is -1.62. The van der Waals surface area contributed by atoms with E-state index in [0.717, 1.165) is 19.3 Å². The van der Waals surface area contributed by atoms with E-state index in [1.54, 1.807) is 0 Å². The second-order valence-corrected chi connectivity index (χ2v) is 5.19. The third kappa shape index (κ3) is 3.28. The van der Waals surface area contributed by atoms with Crippen molar-refractivity contribution in [3.05, 3.63) is 29.6 Å². The van der Waals surface area contributed by atoms with Crippen LogP contribution in [-0.4, -0.2) is 31.3 Å². The minimum absolute atomic E-state index is 0.123. The van der Waals surface area contributed by atoms with Gasteiger partial charge in [-0.2, -0.15) is 0 Å². The Morgan fingerprint density at radius 2 is 2.20 bits per heavy atom. The molecule has 0 aromatic heterocycles. The third-order valence-corrected chi connectivity index (χ3v) is 3.99. The van der Waals surface area contributed by atoms with Crippen LogP contribution in [0.4, 0.5) is 4.39 Å². The Kier molecular flexibility index (Phi) is 4.95. The number of amides is 1. The third-order valence-electron chi connectivity index (χ3n) is 3.99. The van der Waals surface area contributed by atoms with Crippen LogP contribution >= 0.6 is 0 Å². The average Bonchev–Trinajstić information content (AvgIpc) is 2.92. The smallest absolute Gasteiger partial charge is 0.251 e. The van der Waals surface area contributed by atoms with Crippen molar-refractivity contribution in [1.29, 1.82) is 0 Å². The number of hydrogen-bond donors (Lipinski definition) is 2. The highest BCUT2D eigenvalue weighted by Crippen LogP contribution is 2.30. The van der Waals surface area contributed by atoms with Crippen LogP contribution in [-0.2, 0) is 0 Å². The van der Waals surface area contributed by atoms with E-state index in [2.05, 4.69) is 5.32 Å². The first-order chi connectivity index (χ1) is 9.65. The maximum Gasteiger partial charge on any atom is 0.251 e. The Morgan fingerprint density at radius 1 is 1.45 bits per heavy atom. The number of methoxy groups -OCH3 is 1. The maximum atomic E-state index is 13.5. The van der Waals surface area contributed by atoms with Gasteiger partial charge in [0.05, 0.1) is 7.11 Å². The molecular weight excluding hydrogens is 261 g/mol. The van der Waals surface area contributed by atoms with Crippen molar-refractivity contribution in [3.8, 4) is 5.75 Å². The zero-order chi connectivity index (χ0) is 14.5. The normalized spacial score (nSPS) is 21.8. The molecule has 2 atom stereocenters. The van der Waals surface area contributed by atoms with E-state index in [1.165, 1.54) is 25.3 Å². The monoisotopic (exact) mass is 281 g/mol. The van der Waals surface area contributed by atoms with Gasteiger partial charge in [-0.15, -0.1) is 0 Å². The number of carbonyl (C=O) groups is 1. The topological polar surface area (TPSA) is 58.6 Å². The second-order valence-electron chi connectivity index (χ2n) is 5.19. The lowest BCUT2D eigenvalue weighted by Crippen LogP contribution is -2.31. The molecule has 110 valence electrons. The van der Waals surface area contributed by atoms with E-state index in [4.69, 9.17) is 4.74 Å². The van der Waals surface area contributed by atoms with Gasteiger partial charge in [0.1, 0.15) is 0 Å². The van der Waals surface area contributed by atoms with Gasteiger partial charge in [-0.3, -0.25) is 4.79 Å². The lowest BCUT2D eigenvalue weighted by atomic mass is 9.97. The largest absolute Gasteiger partial charge is 0.494 e. The molecule has 5 heteroatoms. The number of carbonyl (C=O) groups excluding carboxylic acids is 1. The van der Waals surface area contributed by atoms with Crippen LogP contribution < -0.4 is 10.1 Å². The summed E-state index contributed by atoms with van der Waals surface area (Å²) < 4.78 is 18.3. The number of nitrogens with one attached hydrogen (secondary N) is 1. The van der Waals surface area contributed by atoms with Crippen molar-refractivity contribution in [2.75, 3.05) is 20.3 Å². The second kappa shape index (κ2) is 6.70. The molecule has 2 rings (SSSR count). The number of aliphatic hydroxyl groups is 1. The van der Waals surface area contributed by atoms with E-state index in [-0.39, 0.29) is 29.7 Å². The molecule has 1 fully saturated rings. The highest BCUT2D eigenvalue weighted by molar-refractivity contribution is 5.94. The summed E-state index contributed by atoms with van der Waals surface area (Å²) in [5, 5.41) is 12.0. The fourth-order valence-corrected chi connectivity index (χ4v) is 2.76. The molecule has 1 aromatic rings. The van der Waals surface area contributed by atoms with Crippen LogP contribution in [0, 0.1) is 17.7 Å². The minimum atomic E-state index is -0.547. The molecule has 4 nitrogen and oxygen atoms in total. The van der Waals surface area contributed by atoms with Crippen molar-refractivity contribution in [2.45, 2.75) is 19.3 Å². The first kappa shape index (κ1) is 14.8. The molecular formula is C15H20FNO3. The van der Waals surface area contributed by atoms with Crippen molar-refractivity contribution in [1.82, 2.24) is 5.32 Å². The lowest BCUT2D eigenvalue weighted by molar-refractivity contribution is 0.0937. The fraction of sp³-hybridized carbons (Fsp3) is 0.533. The molecule has 1 aliphatic rings. The highest BCUT2D eigenvalue weighted by atomic mass is 19.1. The minimum Gasteiger partial charge on any atom is -0.494 e. The number of halogens is 1. The van der Waals surface area contributed by atoms with Gasteiger partial charge in [-0.1, -0.05) is 6.42 Å². The number of benzene rings is 1. The summed E-state index contributed by atoms with van der Waals surface area (Å²) >= 11 is 0. The Balaban J connectivity index is 1.93. The molecule has 2 unspecified atom stereocenters. The van der Waals surface area contributed by atoms with Gasteiger partial charge in [0.25, 0.3) is 5.91 Å². The standard InChI is InChI=1S/C15H20FNO3/c1-20-14-6-5-10(7-13(14)16)15(19)17-8-11-3-2-4-12(11)9-18/h5-7,11-12,18H,2-4,8-9H2,1H3,(H,17,19). The van der Waals surface area contributed by atoms with E-state index >= 15 is 0 Å². The lowest BCUT2D eigenvalue weighted by Gasteiger charge is -2.17. The maximum absolute atomic E-state index is 13.5. The Morgan fingerprint density at radius 3 is 2.85 bits per heavy atom. The first-order valence-electron chi connectivity index (χ1n) is 6.88. The summed E-state index contributed by atoms with van der Waals surface area (Å²) in [6.07, 6.45) is 3.11. The van der Waals surface area contributed by atoms with E-state index in [1.807, 2.05) is 0 Å². The summed E-state index contributed by atoms with van der Waals surface area (Å²) in [5.74, 6) is -0.142. The molecule has 0 heterocycles. The molecule has 0 saturated heterocycles.